The van der Waals surface area contributed by atoms with E-state index in [0.29, 0.717) is 31.0 Å². The summed E-state index contributed by atoms with van der Waals surface area (Å²) >= 11 is 0. The molecule has 2 saturated carbocycles. The van der Waals surface area contributed by atoms with E-state index >= 15 is 0 Å². The van der Waals surface area contributed by atoms with Crippen LogP contribution in [0.1, 0.15) is 51.4 Å². The molecule has 2 aliphatic carbocycles. The second kappa shape index (κ2) is 5.92. The van der Waals surface area contributed by atoms with Crippen molar-refractivity contribution in [3.8, 4) is 0 Å². The fraction of sp³-hybridized carbons (Fsp3) is 0.875. The number of allylic oxidation sites excluding steroid dienone is 1. The second-order valence-electron chi connectivity index (χ2n) is 6.29. The van der Waals surface area contributed by atoms with Gasteiger partial charge in [-0.2, -0.15) is 0 Å². The summed E-state index contributed by atoms with van der Waals surface area (Å²) in [6.07, 6.45) is 10.9. The molecule has 0 aromatic rings. The third kappa shape index (κ3) is 3.19. The Morgan fingerprint density at radius 3 is 2.84 bits per heavy atom. The van der Waals surface area contributed by atoms with Gasteiger partial charge < -0.3 is 9.47 Å². The first-order valence-electron chi connectivity index (χ1n) is 7.78. The number of rotatable bonds is 4. The molecular weight excluding hydrogens is 243 g/mol. The summed E-state index contributed by atoms with van der Waals surface area (Å²) in [6.45, 7) is 0. The molecule has 0 aromatic heterocycles. The molecule has 1 heterocycles. The zero-order valence-corrected chi connectivity index (χ0v) is 11.8. The van der Waals surface area contributed by atoms with E-state index in [2.05, 4.69) is 6.08 Å². The molecule has 5 unspecified atom stereocenters. The fourth-order valence-corrected chi connectivity index (χ4v) is 3.79. The van der Waals surface area contributed by atoms with Crippen molar-refractivity contribution in [1.82, 2.24) is 0 Å². The van der Waals surface area contributed by atoms with Gasteiger partial charge in [0.15, 0.2) is 0 Å². The average molecular weight is 268 g/mol. The van der Waals surface area contributed by atoms with E-state index in [1.165, 1.54) is 25.7 Å². The Kier molecular flexibility index (Phi) is 4.23. The highest BCUT2D eigenvalue weighted by molar-refractivity contribution is 5.09. The minimum Gasteiger partial charge on any atom is -0.381 e. The number of epoxide rings is 1. The highest BCUT2D eigenvalue weighted by Crippen LogP contribution is 2.42. The maximum Gasteiger partial charge on any atom is 0.103 e. The molecule has 0 radical (unpaired) electrons. The van der Waals surface area contributed by atoms with Crippen molar-refractivity contribution in [2.24, 2.45) is 5.92 Å². The molecule has 3 rings (SSSR count). The van der Waals surface area contributed by atoms with Crippen molar-refractivity contribution in [1.29, 1.82) is 0 Å². The summed E-state index contributed by atoms with van der Waals surface area (Å²) in [7, 11) is 1.70. The Bertz CT molecular complexity index is 334. The summed E-state index contributed by atoms with van der Waals surface area (Å²) in [5, 5.41) is 0. The maximum atomic E-state index is 13.4. The number of hydrogen-bond acceptors (Lipinski definition) is 2. The quantitative estimate of drug-likeness (QED) is 0.571. The smallest absolute Gasteiger partial charge is 0.103 e. The van der Waals surface area contributed by atoms with Gasteiger partial charge in [-0.15, -0.1) is 0 Å². The summed E-state index contributed by atoms with van der Waals surface area (Å²) in [5.41, 5.74) is 1.62. The fourth-order valence-electron chi connectivity index (χ4n) is 3.79. The SMILES string of the molecule is COC1CC(F)CCC1C1OC1CC=C1CCCC1. The van der Waals surface area contributed by atoms with Crippen LogP contribution in [0, 0.1) is 5.92 Å². The van der Waals surface area contributed by atoms with E-state index in [-0.39, 0.29) is 6.10 Å². The number of alkyl halides is 1. The van der Waals surface area contributed by atoms with Gasteiger partial charge in [-0.3, -0.25) is 0 Å². The van der Waals surface area contributed by atoms with Gasteiger partial charge in [-0.05, 0) is 44.9 Å². The van der Waals surface area contributed by atoms with E-state index in [1.54, 1.807) is 12.7 Å². The highest BCUT2D eigenvalue weighted by atomic mass is 19.1. The van der Waals surface area contributed by atoms with Gasteiger partial charge in [0, 0.05) is 19.4 Å². The predicted octanol–water partition coefficient (Wildman–Crippen LogP) is 3.80. The molecule has 2 nitrogen and oxygen atoms in total. The van der Waals surface area contributed by atoms with Gasteiger partial charge in [-0.25, -0.2) is 4.39 Å². The zero-order valence-electron chi connectivity index (χ0n) is 11.8. The molecule has 19 heavy (non-hydrogen) atoms. The van der Waals surface area contributed by atoms with Gasteiger partial charge in [0.1, 0.15) is 6.17 Å². The predicted molar refractivity (Wildman–Crippen MR) is 72.9 cm³/mol. The van der Waals surface area contributed by atoms with Crippen LogP contribution >= 0.6 is 0 Å². The van der Waals surface area contributed by atoms with Crippen LogP contribution in [-0.2, 0) is 9.47 Å². The van der Waals surface area contributed by atoms with Crippen LogP contribution < -0.4 is 0 Å². The van der Waals surface area contributed by atoms with Gasteiger partial charge in [-0.1, -0.05) is 11.6 Å². The monoisotopic (exact) mass is 268 g/mol. The summed E-state index contributed by atoms with van der Waals surface area (Å²) < 4.78 is 24.7. The van der Waals surface area contributed by atoms with Crippen LogP contribution in [0.2, 0.25) is 0 Å². The van der Waals surface area contributed by atoms with Crippen molar-refractivity contribution in [3.05, 3.63) is 11.6 Å². The summed E-state index contributed by atoms with van der Waals surface area (Å²) in [6, 6.07) is 0. The number of halogens is 1. The van der Waals surface area contributed by atoms with Crippen LogP contribution in [0.3, 0.4) is 0 Å². The molecule has 3 fully saturated rings. The van der Waals surface area contributed by atoms with E-state index in [1.807, 2.05) is 0 Å². The average Bonchev–Trinajstić information content (AvgIpc) is 2.99. The molecule has 1 aliphatic heterocycles. The van der Waals surface area contributed by atoms with E-state index in [4.69, 9.17) is 9.47 Å². The third-order valence-corrected chi connectivity index (χ3v) is 5.01. The Morgan fingerprint density at radius 2 is 2.11 bits per heavy atom. The Morgan fingerprint density at radius 1 is 1.32 bits per heavy atom. The Labute approximate surface area is 115 Å². The molecule has 0 amide bonds. The van der Waals surface area contributed by atoms with Crippen molar-refractivity contribution in [2.75, 3.05) is 7.11 Å². The van der Waals surface area contributed by atoms with E-state index in [0.717, 1.165) is 12.8 Å². The lowest BCUT2D eigenvalue weighted by atomic mass is 9.82. The van der Waals surface area contributed by atoms with Crippen molar-refractivity contribution < 1.29 is 13.9 Å². The lowest BCUT2D eigenvalue weighted by molar-refractivity contribution is -0.0126. The number of methoxy groups -OCH3 is 1. The molecule has 3 aliphatic rings. The van der Waals surface area contributed by atoms with Gasteiger partial charge in [0.25, 0.3) is 0 Å². The molecule has 3 heteroatoms. The largest absolute Gasteiger partial charge is 0.381 e. The number of ether oxygens (including phenoxy) is 2. The normalized spacial score (nSPS) is 42.4. The highest BCUT2D eigenvalue weighted by Gasteiger charge is 2.48. The minimum atomic E-state index is -0.681. The van der Waals surface area contributed by atoms with Crippen LogP contribution in [-0.4, -0.2) is 31.6 Å². The minimum absolute atomic E-state index is 0.0536. The Hall–Kier alpha value is -0.410. The maximum absolute atomic E-state index is 13.4. The standard InChI is InChI=1S/C16H25FO2/c1-18-15-10-12(17)7-8-13(15)16-14(19-16)9-6-11-4-2-3-5-11/h6,12-16H,2-5,7-10H2,1H3. The van der Waals surface area contributed by atoms with Crippen LogP contribution in [0.15, 0.2) is 11.6 Å². The molecular formula is C16H25FO2. The van der Waals surface area contributed by atoms with E-state index < -0.39 is 6.17 Å². The summed E-state index contributed by atoms with van der Waals surface area (Å²) in [5.74, 6) is 0.406. The lowest BCUT2D eigenvalue weighted by Crippen LogP contribution is -2.35. The zero-order chi connectivity index (χ0) is 13.2. The molecule has 0 aromatic carbocycles. The van der Waals surface area contributed by atoms with Crippen LogP contribution in [0.4, 0.5) is 4.39 Å². The van der Waals surface area contributed by atoms with Crippen LogP contribution in [0.25, 0.3) is 0 Å². The third-order valence-electron chi connectivity index (χ3n) is 5.01. The lowest BCUT2D eigenvalue weighted by Gasteiger charge is -2.31. The van der Waals surface area contributed by atoms with Crippen molar-refractivity contribution >= 4 is 0 Å². The van der Waals surface area contributed by atoms with Gasteiger partial charge in [0.05, 0.1) is 18.3 Å². The molecule has 108 valence electrons. The molecule has 1 saturated heterocycles. The molecule has 5 atom stereocenters. The Balaban J connectivity index is 1.49. The van der Waals surface area contributed by atoms with Crippen molar-refractivity contribution in [3.63, 3.8) is 0 Å². The second-order valence-corrected chi connectivity index (χ2v) is 6.29. The van der Waals surface area contributed by atoms with Gasteiger partial charge in [0.2, 0.25) is 0 Å². The van der Waals surface area contributed by atoms with Gasteiger partial charge >= 0.3 is 0 Å². The van der Waals surface area contributed by atoms with Crippen LogP contribution in [0.5, 0.6) is 0 Å². The molecule has 0 spiro atoms. The number of hydrogen-bond donors (Lipinski definition) is 0. The first-order valence-corrected chi connectivity index (χ1v) is 7.78. The van der Waals surface area contributed by atoms with Crippen molar-refractivity contribution in [2.45, 2.75) is 75.9 Å². The first-order chi connectivity index (χ1) is 9.28. The van der Waals surface area contributed by atoms with E-state index in [9.17, 15) is 4.39 Å². The topological polar surface area (TPSA) is 21.8 Å². The first kappa shape index (κ1) is 13.6. The molecule has 0 N–H and O–H groups in total. The summed E-state index contributed by atoms with van der Waals surface area (Å²) in [4.78, 5) is 0. The molecule has 0 bridgehead atoms.